The molecule has 0 radical (unpaired) electrons. The summed E-state index contributed by atoms with van der Waals surface area (Å²) in [6, 6.07) is 14.7. The van der Waals surface area contributed by atoms with Gasteiger partial charge >= 0.3 is 5.97 Å². The quantitative estimate of drug-likeness (QED) is 0.555. The number of rotatable bonds is 3. The molecule has 5 heteroatoms. The molecule has 1 aliphatic rings. The highest BCUT2D eigenvalue weighted by atomic mass is 16.7. The Morgan fingerprint density at radius 3 is 2.78 bits per heavy atom. The van der Waals surface area contributed by atoms with E-state index in [1.54, 1.807) is 0 Å². The summed E-state index contributed by atoms with van der Waals surface area (Å²) < 4.78 is 0. The number of fused-ring (bicyclic) bond motifs is 2. The smallest absolute Gasteiger partial charge is 0.318 e. The lowest BCUT2D eigenvalue weighted by molar-refractivity contribution is -0.140. The van der Waals surface area contributed by atoms with Crippen molar-refractivity contribution in [2.75, 3.05) is 0 Å². The maximum Gasteiger partial charge on any atom is 0.331 e. The lowest BCUT2D eigenvalue weighted by atomic mass is 9.75. The summed E-state index contributed by atoms with van der Waals surface area (Å²) in [7, 11) is 0. The van der Waals surface area contributed by atoms with Gasteiger partial charge in [-0.25, -0.2) is 4.79 Å². The average molecular weight is 361 g/mol. The summed E-state index contributed by atoms with van der Waals surface area (Å²) in [6.45, 7) is 5.74. The maximum atomic E-state index is 11.3. The molecule has 1 aliphatic carbocycles. The van der Waals surface area contributed by atoms with Crippen LogP contribution in [0, 0.1) is 5.41 Å². The van der Waals surface area contributed by atoms with Crippen LogP contribution < -0.4 is 0 Å². The van der Waals surface area contributed by atoms with Gasteiger partial charge in [-0.05, 0) is 34.6 Å². The molecule has 0 aliphatic heterocycles. The second-order valence-corrected chi connectivity index (χ2v) is 7.98. The van der Waals surface area contributed by atoms with Gasteiger partial charge in [-0.3, -0.25) is 5.10 Å². The fraction of sp³-hybridized carbons (Fsp3) is 0.318. The molecule has 27 heavy (non-hydrogen) atoms. The average Bonchev–Trinajstić information content (AvgIpc) is 3.01. The lowest BCUT2D eigenvalue weighted by Gasteiger charge is -2.29. The molecule has 2 aromatic carbocycles. The van der Waals surface area contributed by atoms with E-state index in [2.05, 4.69) is 71.7 Å². The first-order chi connectivity index (χ1) is 12.9. The van der Waals surface area contributed by atoms with Crippen LogP contribution in [0.25, 0.3) is 10.8 Å². The number of aromatic amines is 1. The largest absolute Gasteiger partial charge is 0.331 e. The van der Waals surface area contributed by atoms with Gasteiger partial charge < -0.3 is 4.84 Å². The van der Waals surface area contributed by atoms with Crippen molar-refractivity contribution in [1.29, 1.82) is 0 Å². The molecular formula is C22H23N3O2. The second-order valence-electron chi connectivity index (χ2n) is 7.98. The number of carbonyl (C=O) groups is 1. The fourth-order valence-corrected chi connectivity index (χ4v) is 3.92. The van der Waals surface area contributed by atoms with E-state index in [9.17, 15) is 4.79 Å². The van der Waals surface area contributed by atoms with Crippen molar-refractivity contribution in [1.82, 2.24) is 10.2 Å². The number of H-pyrrole nitrogens is 1. The predicted molar refractivity (Wildman–Crippen MR) is 106 cm³/mol. The summed E-state index contributed by atoms with van der Waals surface area (Å²) >= 11 is 0. The van der Waals surface area contributed by atoms with Gasteiger partial charge in [0.25, 0.3) is 0 Å². The van der Waals surface area contributed by atoms with Gasteiger partial charge in [0.15, 0.2) is 0 Å². The van der Waals surface area contributed by atoms with E-state index < -0.39 is 5.97 Å². The van der Waals surface area contributed by atoms with E-state index in [0.717, 1.165) is 35.5 Å². The van der Waals surface area contributed by atoms with Crippen molar-refractivity contribution in [3.05, 3.63) is 65.0 Å². The molecule has 0 amide bonds. The van der Waals surface area contributed by atoms with E-state index in [1.165, 1.54) is 23.3 Å². The molecule has 138 valence electrons. The van der Waals surface area contributed by atoms with E-state index >= 15 is 0 Å². The summed E-state index contributed by atoms with van der Waals surface area (Å²) in [4.78, 5) is 16.3. The third-order valence-corrected chi connectivity index (χ3v) is 5.03. The number of benzene rings is 2. The molecule has 1 heterocycles. The molecule has 4 rings (SSSR count). The normalized spacial score (nSPS) is 17.1. The zero-order valence-corrected chi connectivity index (χ0v) is 15.9. The summed E-state index contributed by atoms with van der Waals surface area (Å²) in [6.07, 6.45) is 2.34. The van der Waals surface area contributed by atoms with Crippen LogP contribution in [-0.4, -0.2) is 21.9 Å². The molecule has 1 aromatic heterocycles. The minimum absolute atomic E-state index is 0.0369. The zero-order chi connectivity index (χ0) is 19.0. The molecule has 1 N–H and O–H groups in total. The Bertz CT molecular complexity index is 1040. The fourth-order valence-electron chi connectivity index (χ4n) is 3.92. The number of nitrogens with one attached hydrogen (secondary N) is 1. The number of hydrogen-bond donors (Lipinski definition) is 1. The molecule has 5 nitrogen and oxygen atoms in total. The molecular weight excluding hydrogens is 338 g/mol. The summed E-state index contributed by atoms with van der Waals surface area (Å²) in [5.74, 6) is -0.411. The zero-order valence-electron chi connectivity index (χ0n) is 15.9. The van der Waals surface area contributed by atoms with Crippen molar-refractivity contribution in [2.24, 2.45) is 10.6 Å². The molecule has 0 bridgehead atoms. The Hall–Kier alpha value is -2.95. The minimum atomic E-state index is -0.411. The molecule has 0 fully saturated rings. The Morgan fingerprint density at radius 2 is 1.96 bits per heavy atom. The van der Waals surface area contributed by atoms with Crippen molar-refractivity contribution in [2.45, 2.75) is 40.0 Å². The first-order valence-electron chi connectivity index (χ1n) is 9.20. The summed E-state index contributed by atoms with van der Waals surface area (Å²) in [5, 5.41) is 14.4. The number of oxime groups is 1. The van der Waals surface area contributed by atoms with E-state index in [-0.39, 0.29) is 5.41 Å². The number of nitrogens with zero attached hydrogens (tertiary/aromatic N) is 2. The van der Waals surface area contributed by atoms with Crippen LogP contribution in [-0.2, 0) is 22.5 Å². The predicted octanol–water partition coefficient (Wildman–Crippen LogP) is 4.39. The highest BCUT2D eigenvalue weighted by molar-refractivity contribution is 6.04. The molecule has 0 saturated heterocycles. The van der Waals surface area contributed by atoms with Gasteiger partial charge in [0.2, 0.25) is 0 Å². The van der Waals surface area contributed by atoms with Gasteiger partial charge in [0.05, 0.1) is 11.4 Å². The monoisotopic (exact) mass is 361 g/mol. The van der Waals surface area contributed by atoms with Crippen LogP contribution in [0.4, 0.5) is 0 Å². The van der Waals surface area contributed by atoms with Crippen LogP contribution in [0.5, 0.6) is 0 Å². The number of aromatic nitrogens is 2. The van der Waals surface area contributed by atoms with Crippen LogP contribution in [0.3, 0.4) is 0 Å². The van der Waals surface area contributed by atoms with Crippen LogP contribution in [0.2, 0.25) is 0 Å². The molecule has 3 aromatic rings. The highest BCUT2D eigenvalue weighted by Gasteiger charge is 2.34. The van der Waals surface area contributed by atoms with Crippen molar-refractivity contribution < 1.29 is 9.63 Å². The maximum absolute atomic E-state index is 11.3. The van der Waals surface area contributed by atoms with Crippen molar-refractivity contribution >= 4 is 22.5 Å². The van der Waals surface area contributed by atoms with Crippen LogP contribution in [0.15, 0.2) is 47.6 Å². The Morgan fingerprint density at radius 1 is 1.19 bits per heavy atom. The molecule has 0 unspecified atom stereocenters. The van der Waals surface area contributed by atoms with Crippen LogP contribution in [0.1, 0.15) is 49.7 Å². The van der Waals surface area contributed by atoms with E-state index in [0.29, 0.717) is 6.42 Å². The minimum Gasteiger partial charge on any atom is -0.318 e. The number of hydrogen-bond acceptors (Lipinski definition) is 4. The van der Waals surface area contributed by atoms with E-state index in [1.807, 2.05) is 0 Å². The first kappa shape index (κ1) is 17.5. The lowest BCUT2D eigenvalue weighted by Crippen LogP contribution is -2.28. The SMILES string of the molecule is CC(=O)ON=C1CC(C)(C)Cc2[nH]nc(Cc3cccc4ccccc34)c21. The molecule has 0 saturated carbocycles. The third kappa shape index (κ3) is 3.50. The third-order valence-electron chi connectivity index (χ3n) is 5.03. The van der Waals surface area contributed by atoms with Gasteiger partial charge in [-0.2, -0.15) is 5.10 Å². The van der Waals surface area contributed by atoms with Gasteiger partial charge in [0, 0.05) is 24.6 Å². The Labute approximate surface area is 158 Å². The van der Waals surface area contributed by atoms with Crippen LogP contribution >= 0.6 is 0 Å². The highest BCUT2D eigenvalue weighted by Crippen LogP contribution is 2.36. The first-order valence-corrected chi connectivity index (χ1v) is 9.20. The van der Waals surface area contributed by atoms with Crippen molar-refractivity contribution in [3.8, 4) is 0 Å². The Kier molecular flexibility index (Phi) is 4.30. The van der Waals surface area contributed by atoms with Crippen molar-refractivity contribution in [3.63, 3.8) is 0 Å². The number of carbonyl (C=O) groups excluding carboxylic acids is 1. The molecule has 0 spiro atoms. The van der Waals surface area contributed by atoms with E-state index in [4.69, 9.17) is 4.84 Å². The second kappa shape index (κ2) is 6.65. The molecule has 0 atom stereocenters. The topological polar surface area (TPSA) is 67.3 Å². The van der Waals surface area contributed by atoms with Gasteiger partial charge in [0.1, 0.15) is 0 Å². The standard InChI is InChI=1S/C22H23N3O2/c1-14(26)27-25-20-13-22(2,3)12-19-21(20)18(23-24-19)11-16-9-6-8-15-7-4-5-10-17(15)16/h4-10H,11-13H2,1-3H3,(H,23,24). The van der Waals surface area contributed by atoms with Gasteiger partial charge in [-0.1, -0.05) is 61.5 Å². The Balaban J connectivity index is 1.77. The summed E-state index contributed by atoms with van der Waals surface area (Å²) in [5.41, 5.74) is 5.06. The van der Waals surface area contributed by atoms with Gasteiger partial charge in [-0.15, -0.1) is 0 Å².